The van der Waals surface area contributed by atoms with Gasteiger partial charge in [-0.3, -0.25) is 9.52 Å². The molecule has 3 rings (SSSR count). The van der Waals surface area contributed by atoms with Crippen molar-refractivity contribution < 1.29 is 17.9 Å². The van der Waals surface area contributed by atoms with E-state index in [0.717, 1.165) is 0 Å². The lowest BCUT2D eigenvalue weighted by molar-refractivity contribution is 0.0920. The van der Waals surface area contributed by atoms with Crippen molar-refractivity contribution in [2.24, 2.45) is 0 Å². The number of rotatable bonds is 6. The fourth-order valence-electron chi connectivity index (χ4n) is 2.69. The number of anilines is 1. The van der Waals surface area contributed by atoms with E-state index in [1.165, 1.54) is 12.1 Å². The van der Waals surface area contributed by atoms with E-state index in [2.05, 4.69) is 10.0 Å². The fraction of sp³-hybridized carbons (Fsp3) is 0.174. The summed E-state index contributed by atoms with van der Waals surface area (Å²) in [5.41, 5.74) is 0.0152. The van der Waals surface area contributed by atoms with Gasteiger partial charge in [-0.2, -0.15) is 0 Å². The summed E-state index contributed by atoms with van der Waals surface area (Å²) in [4.78, 5) is 12.6. The summed E-state index contributed by atoms with van der Waals surface area (Å²) >= 11 is 0. The number of hydrogen-bond acceptors (Lipinski definition) is 4. The van der Waals surface area contributed by atoms with E-state index in [1.54, 1.807) is 36.4 Å². The summed E-state index contributed by atoms with van der Waals surface area (Å²) in [5, 5.41) is 2.84. The van der Waals surface area contributed by atoms with Gasteiger partial charge in [0.15, 0.2) is 0 Å². The second-order valence-corrected chi connectivity index (χ2v) is 9.42. The molecular weight excluding hydrogens is 400 g/mol. The van der Waals surface area contributed by atoms with Crippen LogP contribution in [0.15, 0.2) is 83.8 Å². The smallest absolute Gasteiger partial charge is 0.261 e. The van der Waals surface area contributed by atoms with Crippen LogP contribution in [0.25, 0.3) is 0 Å². The van der Waals surface area contributed by atoms with Crippen LogP contribution in [0.1, 0.15) is 31.1 Å². The molecule has 0 unspecified atom stereocenters. The van der Waals surface area contributed by atoms with Crippen molar-refractivity contribution in [2.75, 3.05) is 4.72 Å². The number of carbonyl (C=O) groups is 1. The molecule has 0 radical (unpaired) electrons. The Bertz CT molecular complexity index is 1120. The SMILES string of the molecule is CC(C)(C)NC(=O)c1ccccc1NS(=O)(=O)c1ccc(Oc2ccccc2)cc1. The second kappa shape index (κ2) is 8.59. The van der Waals surface area contributed by atoms with E-state index in [4.69, 9.17) is 4.74 Å². The minimum atomic E-state index is -3.89. The van der Waals surface area contributed by atoms with Crippen molar-refractivity contribution in [1.82, 2.24) is 5.32 Å². The van der Waals surface area contributed by atoms with Gasteiger partial charge in [0.1, 0.15) is 11.5 Å². The van der Waals surface area contributed by atoms with Crippen LogP contribution in [0.5, 0.6) is 11.5 Å². The zero-order valence-corrected chi connectivity index (χ0v) is 17.9. The van der Waals surface area contributed by atoms with Gasteiger partial charge in [-0.15, -0.1) is 0 Å². The Labute approximate surface area is 177 Å². The van der Waals surface area contributed by atoms with Crippen LogP contribution in [-0.4, -0.2) is 19.9 Å². The number of nitrogens with one attached hydrogen (secondary N) is 2. The number of sulfonamides is 1. The number of carbonyl (C=O) groups excluding carboxylic acids is 1. The number of para-hydroxylation sites is 2. The van der Waals surface area contributed by atoms with E-state index in [9.17, 15) is 13.2 Å². The molecule has 0 saturated carbocycles. The predicted octanol–water partition coefficient (Wildman–Crippen LogP) is 4.81. The summed E-state index contributed by atoms with van der Waals surface area (Å²) in [6.45, 7) is 5.57. The lowest BCUT2D eigenvalue weighted by Crippen LogP contribution is -2.40. The highest BCUT2D eigenvalue weighted by Gasteiger charge is 2.21. The van der Waals surface area contributed by atoms with E-state index in [1.807, 2.05) is 51.1 Å². The summed E-state index contributed by atoms with van der Waals surface area (Å²) < 4.78 is 33.9. The first kappa shape index (κ1) is 21.4. The van der Waals surface area contributed by atoms with Crippen LogP contribution in [0.3, 0.4) is 0 Å². The van der Waals surface area contributed by atoms with Gasteiger partial charge in [0.2, 0.25) is 0 Å². The molecule has 7 heteroatoms. The van der Waals surface area contributed by atoms with Gasteiger partial charge in [0.25, 0.3) is 15.9 Å². The molecule has 0 aromatic heterocycles. The third kappa shape index (κ3) is 5.61. The fourth-order valence-corrected chi connectivity index (χ4v) is 3.77. The van der Waals surface area contributed by atoms with Crippen LogP contribution in [0.2, 0.25) is 0 Å². The van der Waals surface area contributed by atoms with Crippen molar-refractivity contribution in [1.29, 1.82) is 0 Å². The molecule has 0 spiro atoms. The Hall–Kier alpha value is -3.32. The molecule has 0 bridgehead atoms. The highest BCUT2D eigenvalue weighted by atomic mass is 32.2. The maximum absolute atomic E-state index is 12.8. The van der Waals surface area contributed by atoms with Crippen molar-refractivity contribution in [2.45, 2.75) is 31.2 Å². The van der Waals surface area contributed by atoms with E-state index in [-0.39, 0.29) is 22.1 Å². The Morgan fingerprint density at radius 1 is 0.800 bits per heavy atom. The zero-order chi connectivity index (χ0) is 21.8. The molecule has 3 aromatic rings. The van der Waals surface area contributed by atoms with Crippen LogP contribution >= 0.6 is 0 Å². The number of amides is 1. The lowest BCUT2D eigenvalue weighted by atomic mass is 10.1. The first-order valence-electron chi connectivity index (χ1n) is 9.41. The molecule has 0 atom stereocenters. The number of ether oxygens (including phenoxy) is 1. The predicted molar refractivity (Wildman–Crippen MR) is 117 cm³/mol. The van der Waals surface area contributed by atoms with Gasteiger partial charge < -0.3 is 10.1 Å². The Morgan fingerprint density at radius 3 is 2.00 bits per heavy atom. The summed E-state index contributed by atoms with van der Waals surface area (Å²) in [6, 6.07) is 21.8. The molecule has 0 fully saturated rings. The highest BCUT2D eigenvalue weighted by molar-refractivity contribution is 7.92. The second-order valence-electron chi connectivity index (χ2n) is 7.74. The largest absolute Gasteiger partial charge is 0.457 e. The highest BCUT2D eigenvalue weighted by Crippen LogP contribution is 2.25. The molecule has 0 aliphatic rings. The molecule has 2 N–H and O–H groups in total. The maximum atomic E-state index is 12.8. The molecular formula is C23H24N2O4S. The molecule has 156 valence electrons. The minimum Gasteiger partial charge on any atom is -0.457 e. The summed E-state index contributed by atoms with van der Waals surface area (Å²) in [7, 11) is -3.89. The average Bonchev–Trinajstić information content (AvgIpc) is 2.68. The van der Waals surface area contributed by atoms with Crippen molar-refractivity contribution in [3.63, 3.8) is 0 Å². The van der Waals surface area contributed by atoms with Crippen LogP contribution in [0.4, 0.5) is 5.69 Å². The van der Waals surface area contributed by atoms with Crippen molar-refractivity contribution >= 4 is 21.6 Å². The standard InChI is InChI=1S/C23H24N2O4S/c1-23(2,3)24-22(26)20-11-7-8-12-21(20)25-30(27,28)19-15-13-18(14-16-19)29-17-9-5-4-6-10-17/h4-16,25H,1-3H3,(H,24,26). The van der Waals surface area contributed by atoms with Crippen LogP contribution in [0, 0.1) is 0 Å². The van der Waals surface area contributed by atoms with Gasteiger partial charge in [-0.05, 0) is 69.3 Å². The van der Waals surface area contributed by atoms with Gasteiger partial charge in [0.05, 0.1) is 16.1 Å². The molecule has 0 aliphatic heterocycles. The molecule has 30 heavy (non-hydrogen) atoms. The van der Waals surface area contributed by atoms with E-state index >= 15 is 0 Å². The topological polar surface area (TPSA) is 84.5 Å². The summed E-state index contributed by atoms with van der Waals surface area (Å²) in [6.07, 6.45) is 0. The Kier molecular flexibility index (Phi) is 6.12. The zero-order valence-electron chi connectivity index (χ0n) is 17.0. The first-order chi connectivity index (χ1) is 14.1. The first-order valence-corrected chi connectivity index (χ1v) is 10.9. The maximum Gasteiger partial charge on any atom is 0.261 e. The van der Waals surface area contributed by atoms with E-state index < -0.39 is 15.6 Å². The summed E-state index contributed by atoms with van der Waals surface area (Å²) in [5.74, 6) is 0.822. The normalized spacial score (nSPS) is 11.6. The van der Waals surface area contributed by atoms with Gasteiger partial charge in [0, 0.05) is 5.54 Å². The molecule has 6 nitrogen and oxygen atoms in total. The quantitative estimate of drug-likeness (QED) is 0.595. The molecule has 3 aromatic carbocycles. The van der Waals surface area contributed by atoms with Crippen molar-refractivity contribution in [3.05, 3.63) is 84.4 Å². The Balaban J connectivity index is 1.79. The molecule has 0 saturated heterocycles. The number of benzene rings is 3. The van der Waals surface area contributed by atoms with Gasteiger partial charge in [-0.1, -0.05) is 30.3 Å². The van der Waals surface area contributed by atoms with Crippen LogP contribution in [-0.2, 0) is 10.0 Å². The Morgan fingerprint density at radius 2 is 1.37 bits per heavy atom. The molecule has 0 heterocycles. The third-order valence-corrected chi connectivity index (χ3v) is 5.40. The van der Waals surface area contributed by atoms with Gasteiger partial charge in [-0.25, -0.2) is 8.42 Å². The monoisotopic (exact) mass is 424 g/mol. The van der Waals surface area contributed by atoms with E-state index in [0.29, 0.717) is 11.5 Å². The molecule has 1 amide bonds. The minimum absolute atomic E-state index is 0.0638. The van der Waals surface area contributed by atoms with Gasteiger partial charge >= 0.3 is 0 Å². The lowest BCUT2D eigenvalue weighted by Gasteiger charge is -2.21. The van der Waals surface area contributed by atoms with Crippen molar-refractivity contribution in [3.8, 4) is 11.5 Å². The number of hydrogen-bond donors (Lipinski definition) is 2. The third-order valence-electron chi connectivity index (χ3n) is 4.02. The van der Waals surface area contributed by atoms with Crippen LogP contribution < -0.4 is 14.8 Å². The molecule has 0 aliphatic carbocycles. The average molecular weight is 425 g/mol.